The number of rotatable bonds is 5. The van der Waals surface area contributed by atoms with Crippen molar-refractivity contribution in [2.75, 3.05) is 34.4 Å². The molecule has 1 aromatic carbocycles. The van der Waals surface area contributed by atoms with Crippen LogP contribution in [0, 0.1) is 0 Å². The van der Waals surface area contributed by atoms with Gasteiger partial charge in [0.05, 0.1) is 21.3 Å². The van der Waals surface area contributed by atoms with Crippen molar-refractivity contribution < 1.29 is 23.5 Å². The number of hydrogen-bond donors (Lipinski definition) is 1. The zero-order chi connectivity index (χ0) is 20.4. The monoisotopic (exact) mass is 398 g/mol. The maximum atomic E-state index is 13.3. The first-order valence-electron chi connectivity index (χ1n) is 9.45. The number of benzene rings is 1. The number of ether oxygens (including phenoxy) is 3. The second kappa shape index (κ2) is 7.94. The number of aromatic amines is 1. The topological polar surface area (TPSA) is 93.7 Å². The van der Waals surface area contributed by atoms with E-state index in [1.807, 2.05) is 15.5 Å². The van der Waals surface area contributed by atoms with E-state index in [1.165, 1.54) is 0 Å². The van der Waals surface area contributed by atoms with Crippen LogP contribution >= 0.6 is 0 Å². The lowest BCUT2D eigenvalue weighted by Crippen LogP contribution is -2.42. The van der Waals surface area contributed by atoms with Gasteiger partial charge in [0, 0.05) is 30.6 Å². The van der Waals surface area contributed by atoms with Gasteiger partial charge >= 0.3 is 5.78 Å². The molecular weight excluding hydrogens is 374 g/mol. The molecule has 152 valence electrons. The number of methoxy groups -OCH3 is 3. The molecule has 2 aromatic heterocycles. The first-order chi connectivity index (χ1) is 14.2. The average molecular weight is 398 g/mol. The summed E-state index contributed by atoms with van der Waals surface area (Å²) in [5.74, 6) is 2.15. The number of carbonyl (C=O) groups excluding carboxylic acids is 1. The number of nitrogens with one attached hydrogen (secondary N) is 1. The number of hydrogen-bond acceptors (Lipinski definition) is 6. The van der Waals surface area contributed by atoms with Crippen LogP contribution in [0.5, 0.6) is 17.2 Å². The fourth-order valence-electron chi connectivity index (χ4n) is 3.90. The summed E-state index contributed by atoms with van der Waals surface area (Å²) in [6.45, 7) is 1.31. The van der Waals surface area contributed by atoms with Gasteiger partial charge in [-0.05, 0) is 25.0 Å². The SMILES string of the molecule is COc1cc(C(=O)N2CCC[C@H](c3ccnc4nc[nH][n+]34)C2)cc(OC)c1OC. The fourth-order valence-corrected chi connectivity index (χ4v) is 3.90. The third-order valence-corrected chi connectivity index (χ3v) is 5.30. The number of likely N-dealkylation sites (tertiary alicyclic amines) is 1. The molecule has 1 amide bonds. The molecule has 3 aromatic rings. The largest absolute Gasteiger partial charge is 0.493 e. The van der Waals surface area contributed by atoms with Gasteiger partial charge in [-0.25, -0.2) is 5.10 Å². The highest BCUT2D eigenvalue weighted by Crippen LogP contribution is 2.38. The van der Waals surface area contributed by atoms with Gasteiger partial charge in [-0.15, -0.1) is 4.52 Å². The van der Waals surface area contributed by atoms with E-state index in [9.17, 15) is 4.79 Å². The second-order valence-electron chi connectivity index (χ2n) is 6.90. The summed E-state index contributed by atoms with van der Waals surface area (Å²) in [6, 6.07) is 5.37. The highest BCUT2D eigenvalue weighted by molar-refractivity contribution is 5.95. The van der Waals surface area contributed by atoms with Gasteiger partial charge < -0.3 is 19.1 Å². The summed E-state index contributed by atoms with van der Waals surface area (Å²) in [4.78, 5) is 23.6. The van der Waals surface area contributed by atoms with Crippen molar-refractivity contribution >= 4 is 11.7 Å². The minimum atomic E-state index is -0.0612. The van der Waals surface area contributed by atoms with Crippen molar-refractivity contribution in [1.29, 1.82) is 0 Å². The van der Waals surface area contributed by atoms with E-state index in [-0.39, 0.29) is 11.8 Å². The van der Waals surface area contributed by atoms with Crippen LogP contribution in [0.4, 0.5) is 0 Å². The molecule has 0 saturated carbocycles. The lowest BCUT2D eigenvalue weighted by Gasteiger charge is -2.32. The van der Waals surface area contributed by atoms with Crippen LogP contribution in [0.3, 0.4) is 0 Å². The van der Waals surface area contributed by atoms with Gasteiger partial charge in [0.1, 0.15) is 11.9 Å². The summed E-state index contributed by atoms with van der Waals surface area (Å²) >= 11 is 0. The van der Waals surface area contributed by atoms with Gasteiger partial charge in [0.15, 0.2) is 17.8 Å². The minimum absolute atomic E-state index is 0.0612. The zero-order valence-corrected chi connectivity index (χ0v) is 16.7. The Labute approximate surface area is 168 Å². The van der Waals surface area contributed by atoms with Gasteiger partial charge in [-0.1, -0.05) is 9.97 Å². The first kappa shape index (κ1) is 19.0. The highest BCUT2D eigenvalue weighted by atomic mass is 16.5. The number of fused-ring (bicyclic) bond motifs is 1. The summed E-state index contributed by atoms with van der Waals surface area (Å²) in [7, 11) is 4.62. The molecule has 0 unspecified atom stereocenters. The molecule has 9 nitrogen and oxygen atoms in total. The standard InChI is InChI=1S/C20H23N5O4/c1-27-16-9-14(10-17(28-2)18(16)29-3)19(26)24-8-4-5-13(11-24)15-6-7-21-20-22-12-23-25(15)20/h6-7,9-10,12-13H,4-5,8,11H2,1-3H3/p+1/t13-/m0/s1. The zero-order valence-electron chi connectivity index (χ0n) is 16.7. The van der Waals surface area contributed by atoms with Crippen molar-refractivity contribution in [2.24, 2.45) is 0 Å². The van der Waals surface area contributed by atoms with Crippen molar-refractivity contribution in [3.05, 3.63) is 42.0 Å². The molecule has 1 N–H and O–H groups in total. The molecule has 3 heterocycles. The summed E-state index contributed by atoms with van der Waals surface area (Å²) in [5, 5.41) is 3.10. The number of piperidine rings is 1. The molecule has 4 rings (SSSR count). The van der Waals surface area contributed by atoms with Crippen molar-refractivity contribution in [3.8, 4) is 17.2 Å². The summed E-state index contributed by atoms with van der Waals surface area (Å²) < 4.78 is 18.0. The third kappa shape index (κ3) is 3.43. The van der Waals surface area contributed by atoms with Crippen LogP contribution in [0.15, 0.2) is 30.7 Å². The molecule has 1 saturated heterocycles. The van der Waals surface area contributed by atoms with E-state index in [4.69, 9.17) is 14.2 Å². The van der Waals surface area contributed by atoms with E-state index < -0.39 is 0 Å². The van der Waals surface area contributed by atoms with E-state index in [0.717, 1.165) is 18.5 Å². The number of amides is 1. The van der Waals surface area contributed by atoms with Crippen LogP contribution in [0.2, 0.25) is 0 Å². The Morgan fingerprint density at radius 1 is 1.17 bits per heavy atom. The van der Waals surface area contributed by atoms with Crippen molar-refractivity contribution in [3.63, 3.8) is 0 Å². The molecular formula is C20H24N5O4+. The quantitative estimate of drug-likeness (QED) is 0.656. The van der Waals surface area contributed by atoms with Crippen LogP contribution in [0.25, 0.3) is 5.78 Å². The molecule has 0 bridgehead atoms. The number of H-pyrrole nitrogens is 1. The van der Waals surface area contributed by atoms with E-state index >= 15 is 0 Å². The Morgan fingerprint density at radius 2 is 1.93 bits per heavy atom. The second-order valence-corrected chi connectivity index (χ2v) is 6.90. The van der Waals surface area contributed by atoms with E-state index in [0.29, 0.717) is 41.7 Å². The number of aromatic nitrogens is 4. The summed E-state index contributed by atoms with van der Waals surface area (Å²) in [6.07, 6.45) is 5.28. The lowest BCUT2D eigenvalue weighted by molar-refractivity contribution is -0.590. The van der Waals surface area contributed by atoms with Crippen LogP contribution < -0.4 is 18.7 Å². The van der Waals surface area contributed by atoms with Crippen molar-refractivity contribution in [2.45, 2.75) is 18.8 Å². The molecule has 29 heavy (non-hydrogen) atoms. The Morgan fingerprint density at radius 3 is 2.62 bits per heavy atom. The Kier molecular flexibility index (Phi) is 5.20. The maximum absolute atomic E-state index is 13.3. The van der Waals surface area contributed by atoms with Gasteiger partial charge in [0.2, 0.25) is 5.75 Å². The van der Waals surface area contributed by atoms with Crippen LogP contribution in [-0.2, 0) is 0 Å². The molecule has 0 aliphatic carbocycles. The first-order valence-corrected chi connectivity index (χ1v) is 9.45. The Bertz CT molecular complexity index is 1010. The molecule has 1 aliphatic rings. The Hall–Kier alpha value is -3.36. The number of carbonyl (C=O) groups is 1. The Balaban J connectivity index is 1.62. The predicted molar refractivity (Wildman–Crippen MR) is 104 cm³/mol. The van der Waals surface area contributed by atoms with Crippen molar-refractivity contribution in [1.82, 2.24) is 20.0 Å². The molecule has 0 spiro atoms. The van der Waals surface area contributed by atoms with Crippen LogP contribution in [0.1, 0.15) is 34.8 Å². The minimum Gasteiger partial charge on any atom is -0.493 e. The normalized spacial score (nSPS) is 16.7. The van der Waals surface area contributed by atoms with Gasteiger partial charge in [-0.3, -0.25) is 4.79 Å². The fraction of sp³-hybridized carbons (Fsp3) is 0.400. The van der Waals surface area contributed by atoms with E-state index in [2.05, 4.69) is 15.1 Å². The summed E-state index contributed by atoms with van der Waals surface area (Å²) in [5.41, 5.74) is 1.57. The van der Waals surface area contributed by atoms with Gasteiger partial charge in [-0.2, -0.15) is 0 Å². The maximum Gasteiger partial charge on any atom is 0.456 e. The smallest absolute Gasteiger partial charge is 0.456 e. The average Bonchev–Trinajstić information content (AvgIpc) is 3.26. The molecule has 1 atom stereocenters. The third-order valence-electron chi connectivity index (χ3n) is 5.30. The number of nitrogens with zero attached hydrogens (tertiary/aromatic N) is 4. The van der Waals surface area contributed by atoms with Gasteiger partial charge in [0.25, 0.3) is 5.91 Å². The highest BCUT2D eigenvalue weighted by Gasteiger charge is 2.30. The van der Waals surface area contributed by atoms with E-state index in [1.54, 1.807) is 46.0 Å². The van der Waals surface area contributed by atoms with Crippen LogP contribution in [-0.4, -0.2) is 60.3 Å². The lowest BCUT2D eigenvalue weighted by atomic mass is 9.94. The molecule has 1 aliphatic heterocycles. The molecule has 9 heteroatoms. The molecule has 1 fully saturated rings. The molecule has 0 radical (unpaired) electrons. The predicted octanol–water partition coefficient (Wildman–Crippen LogP) is 1.59.